The number of anilines is 1. The summed E-state index contributed by atoms with van der Waals surface area (Å²) in [4.78, 5) is 52.7. The van der Waals surface area contributed by atoms with E-state index in [4.69, 9.17) is 5.73 Å². The van der Waals surface area contributed by atoms with E-state index in [2.05, 4.69) is 26.6 Å². The van der Waals surface area contributed by atoms with E-state index < -0.39 is 46.7 Å². The number of carbonyl (C=O) groups is 4. The highest BCUT2D eigenvalue weighted by Gasteiger charge is 2.71. The van der Waals surface area contributed by atoms with Gasteiger partial charge < -0.3 is 11.1 Å². The molecule has 9 heteroatoms. The number of fused-ring (bicyclic) bond motifs is 4. The zero-order chi connectivity index (χ0) is 20.6. The molecule has 3 aliphatic rings. The van der Waals surface area contributed by atoms with Crippen molar-refractivity contribution >= 4 is 45.2 Å². The molecule has 0 saturated carbocycles. The number of amides is 4. The fourth-order valence-corrected chi connectivity index (χ4v) is 5.19. The minimum Gasteiger partial charge on any atom is -0.370 e. The van der Waals surface area contributed by atoms with Crippen LogP contribution in [0, 0.1) is 11.8 Å². The van der Waals surface area contributed by atoms with Crippen molar-refractivity contribution < 1.29 is 19.2 Å². The molecule has 8 nitrogen and oxygen atoms in total. The highest BCUT2D eigenvalue weighted by Crippen LogP contribution is 2.54. The Labute approximate surface area is 170 Å². The van der Waals surface area contributed by atoms with E-state index in [1.54, 1.807) is 39.0 Å². The van der Waals surface area contributed by atoms with Gasteiger partial charge in [-0.3, -0.25) is 29.4 Å². The van der Waals surface area contributed by atoms with Crippen LogP contribution in [0.1, 0.15) is 32.8 Å². The monoisotopic (exact) mass is 448 g/mol. The summed E-state index contributed by atoms with van der Waals surface area (Å²) in [7, 11) is 0. The summed E-state index contributed by atoms with van der Waals surface area (Å²) in [6.07, 6.45) is -0.142. The lowest BCUT2D eigenvalue weighted by atomic mass is 9.76. The van der Waals surface area contributed by atoms with Crippen molar-refractivity contribution in [1.82, 2.24) is 10.2 Å². The van der Waals surface area contributed by atoms with E-state index in [1.807, 2.05) is 0 Å². The number of primary amides is 1. The van der Waals surface area contributed by atoms with Gasteiger partial charge in [-0.2, -0.15) is 0 Å². The zero-order valence-corrected chi connectivity index (χ0v) is 17.3. The number of benzene rings is 1. The molecule has 4 atom stereocenters. The molecule has 0 aromatic heterocycles. The Morgan fingerprint density at radius 1 is 1.25 bits per heavy atom. The van der Waals surface area contributed by atoms with E-state index in [0.717, 1.165) is 4.47 Å². The van der Waals surface area contributed by atoms with E-state index >= 15 is 0 Å². The van der Waals surface area contributed by atoms with Crippen LogP contribution in [0.2, 0.25) is 0 Å². The Hall–Kier alpha value is -2.26. The van der Waals surface area contributed by atoms with Gasteiger partial charge in [0.25, 0.3) is 0 Å². The molecule has 1 aromatic rings. The molecule has 4 amide bonds. The van der Waals surface area contributed by atoms with Crippen molar-refractivity contribution in [3.8, 4) is 0 Å². The number of imide groups is 1. The SMILES string of the molecule is CC(C)(C)N1C(=O)[C@H]2[C@@H](C1=O)[C@]1(N[C@@H]2CC(N)=O)C(=O)Nc2ccc(Br)cc21. The first-order valence-corrected chi connectivity index (χ1v) is 9.83. The summed E-state index contributed by atoms with van der Waals surface area (Å²) in [5, 5.41) is 5.98. The van der Waals surface area contributed by atoms with Crippen LogP contribution in [-0.2, 0) is 24.7 Å². The first-order chi connectivity index (χ1) is 13.0. The van der Waals surface area contributed by atoms with Crippen LogP contribution in [0.25, 0.3) is 0 Å². The van der Waals surface area contributed by atoms with Gasteiger partial charge in [-0.15, -0.1) is 0 Å². The van der Waals surface area contributed by atoms with Gasteiger partial charge in [0.1, 0.15) is 5.54 Å². The predicted octanol–water partition coefficient (Wildman–Crippen LogP) is 0.843. The van der Waals surface area contributed by atoms with E-state index in [0.29, 0.717) is 11.3 Å². The normalized spacial score (nSPS) is 31.4. The lowest BCUT2D eigenvalue weighted by Gasteiger charge is -2.34. The van der Waals surface area contributed by atoms with Gasteiger partial charge in [-0.05, 0) is 39.0 Å². The van der Waals surface area contributed by atoms with E-state index in [9.17, 15) is 19.2 Å². The number of nitrogens with zero attached hydrogens (tertiary/aromatic N) is 1. The van der Waals surface area contributed by atoms with Crippen LogP contribution in [0.5, 0.6) is 0 Å². The molecule has 0 unspecified atom stereocenters. The fourth-order valence-electron chi connectivity index (χ4n) is 4.83. The summed E-state index contributed by atoms with van der Waals surface area (Å²) in [5.74, 6) is -3.58. The second-order valence-electron chi connectivity index (χ2n) is 8.56. The summed E-state index contributed by atoms with van der Waals surface area (Å²) in [6.45, 7) is 5.31. The molecule has 4 N–H and O–H groups in total. The van der Waals surface area contributed by atoms with Gasteiger partial charge in [0.2, 0.25) is 23.6 Å². The number of nitrogens with one attached hydrogen (secondary N) is 2. The third-order valence-corrected chi connectivity index (χ3v) is 6.26. The highest BCUT2D eigenvalue weighted by molar-refractivity contribution is 9.10. The Bertz CT molecular complexity index is 940. The van der Waals surface area contributed by atoms with Crippen molar-refractivity contribution in [2.45, 2.75) is 44.3 Å². The van der Waals surface area contributed by atoms with Gasteiger partial charge in [-0.25, -0.2) is 0 Å². The fraction of sp³-hybridized carbons (Fsp3) is 0.474. The molecule has 3 aliphatic heterocycles. The molecular formula is C19H21BrN4O4. The number of hydrogen-bond donors (Lipinski definition) is 3. The molecule has 2 saturated heterocycles. The molecule has 0 bridgehead atoms. The summed E-state index contributed by atoms with van der Waals surface area (Å²) in [6, 6.07) is 4.59. The molecule has 28 heavy (non-hydrogen) atoms. The van der Waals surface area contributed by atoms with Gasteiger partial charge >= 0.3 is 0 Å². The Kier molecular flexibility index (Phi) is 4.00. The number of halogens is 1. The summed E-state index contributed by atoms with van der Waals surface area (Å²) < 4.78 is 0.739. The van der Waals surface area contributed by atoms with Crippen LogP contribution in [0.3, 0.4) is 0 Å². The van der Waals surface area contributed by atoms with E-state index in [-0.39, 0.29) is 12.3 Å². The molecular weight excluding hydrogens is 428 g/mol. The number of likely N-dealkylation sites (tertiary alicyclic amines) is 1. The van der Waals surface area contributed by atoms with Crippen molar-refractivity contribution in [2.75, 3.05) is 5.32 Å². The average molecular weight is 449 g/mol. The molecule has 148 valence electrons. The van der Waals surface area contributed by atoms with Crippen molar-refractivity contribution in [1.29, 1.82) is 0 Å². The van der Waals surface area contributed by atoms with Crippen molar-refractivity contribution in [3.63, 3.8) is 0 Å². The number of nitrogens with two attached hydrogens (primary N) is 1. The molecule has 2 fully saturated rings. The van der Waals surface area contributed by atoms with Gasteiger partial charge in [0, 0.05) is 33.7 Å². The number of hydrogen-bond acceptors (Lipinski definition) is 5. The molecule has 1 aromatic carbocycles. The molecule has 4 rings (SSSR count). The smallest absolute Gasteiger partial charge is 0.250 e. The van der Waals surface area contributed by atoms with Crippen LogP contribution >= 0.6 is 15.9 Å². The first kappa shape index (κ1) is 19.1. The maximum Gasteiger partial charge on any atom is 0.250 e. The number of rotatable bonds is 2. The lowest BCUT2D eigenvalue weighted by molar-refractivity contribution is -0.147. The molecule has 0 radical (unpaired) electrons. The average Bonchev–Trinajstić information content (AvgIpc) is 3.12. The third-order valence-electron chi connectivity index (χ3n) is 5.77. The third kappa shape index (κ3) is 2.39. The van der Waals surface area contributed by atoms with Crippen molar-refractivity contribution in [2.24, 2.45) is 17.6 Å². The second kappa shape index (κ2) is 5.87. The van der Waals surface area contributed by atoms with Gasteiger partial charge in [-0.1, -0.05) is 15.9 Å². The molecule has 3 heterocycles. The minimum absolute atomic E-state index is 0.142. The quantitative estimate of drug-likeness (QED) is 0.578. The largest absolute Gasteiger partial charge is 0.370 e. The Morgan fingerprint density at radius 3 is 2.54 bits per heavy atom. The summed E-state index contributed by atoms with van der Waals surface area (Å²) >= 11 is 3.41. The van der Waals surface area contributed by atoms with Crippen LogP contribution in [0.4, 0.5) is 5.69 Å². The van der Waals surface area contributed by atoms with E-state index in [1.165, 1.54) is 4.90 Å². The Balaban J connectivity index is 1.92. The van der Waals surface area contributed by atoms with Crippen molar-refractivity contribution in [3.05, 3.63) is 28.2 Å². The minimum atomic E-state index is -1.42. The standard InChI is InChI=1S/C19H21BrN4O4/c1-18(2,3)24-15(26)13-11(7-12(21)25)23-19(14(13)16(24)27)9-6-8(20)4-5-10(9)22-17(19)28/h4-6,11,13-14,23H,7H2,1-3H3,(H2,21,25)(H,22,28)/t11-,13-,14+,19+/m1/s1. The number of carbonyl (C=O) groups excluding carboxylic acids is 4. The second-order valence-corrected chi connectivity index (χ2v) is 9.48. The summed E-state index contributed by atoms with van der Waals surface area (Å²) in [5.41, 5.74) is 4.40. The highest BCUT2D eigenvalue weighted by atomic mass is 79.9. The van der Waals surface area contributed by atoms with Crippen LogP contribution in [0.15, 0.2) is 22.7 Å². The Morgan fingerprint density at radius 2 is 1.93 bits per heavy atom. The maximum atomic E-state index is 13.4. The predicted molar refractivity (Wildman–Crippen MR) is 104 cm³/mol. The molecule has 1 spiro atoms. The lowest BCUT2D eigenvalue weighted by Crippen LogP contribution is -2.56. The topological polar surface area (TPSA) is 122 Å². The van der Waals surface area contributed by atoms with Crippen LogP contribution in [-0.4, -0.2) is 40.1 Å². The zero-order valence-electron chi connectivity index (χ0n) is 15.7. The van der Waals surface area contributed by atoms with Gasteiger partial charge in [0.05, 0.1) is 11.8 Å². The molecule has 0 aliphatic carbocycles. The van der Waals surface area contributed by atoms with Crippen LogP contribution < -0.4 is 16.4 Å². The van der Waals surface area contributed by atoms with Gasteiger partial charge in [0.15, 0.2) is 0 Å². The first-order valence-electron chi connectivity index (χ1n) is 9.04. The maximum absolute atomic E-state index is 13.4.